The Morgan fingerprint density at radius 2 is 2.20 bits per heavy atom. The molecule has 7 heteroatoms. The van der Waals surface area contributed by atoms with Crippen LogP contribution in [0.25, 0.3) is 0 Å². The average molecular weight is 277 g/mol. The van der Waals surface area contributed by atoms with E-state index in [1.165, 1.54) is 18.3 Å². The molecular weight excluding hydrogens is 262 g/mol. The van der Waals surface area contributed by atoms with Crippen LogP contribution in [0, 0.1) is 27.9 Å². The van der Waals surface area contributed by atoms with Crippen molar-refractivity contribution in [2.45, 2.75) is 25.3 Å². The predicted molar refractivity (Wildman–Crippen MR) is 70.3 cm³/mol. The van der Waals surface area contributed by atoms with E-state index in [2.05, 4.69) is 10.3 Å². The Morgan fingerprint density at radius 1 is 1.45 bits per heavy atom. The largest absolute Gasteiger partial charge is 0.481 e. The number of carboxylic acid groups (broad SMARTS) is 1. The highest BCUT2D eigenvalue weighted by Crippen LogP contribution is 2.49. The summed E-state index contributed by atoms with van der Waals surface area (Å²) in [6, 6.07) is 2.49. The third kappa shape index (κ3) is 2.09. The van der Waals surface area contributed by atoms with Gasteiger partial charge in [-0.3, -0.25) is 14.9 Å². The molecule has 2 aliphatic carbocycles. The van der Waals surface area contributed by atoms with Crippen molar-refractivity contribution < 1.29 is 14.8 Å². The van der Waals surface area contributed by atoms with Crippen LogP contribution in [0.3, 0.4) is 0 Å². The van der Waals surface area contributed by atoms with Crippen molar-refractivity contribution in [3.8, 4) is 0 Å². The molecule has 0 aliphatic heterocycles. The first-order valence-corrected chi connectivity index (χ1v) is 6.66. The molecule has 2 fully saturated rings. The van der Waals surface area contributed by atoms with Crippen molar-refractivity contribution in [2.24, 2.45) is 17.8 Å². The predicted octanol–water partition coefficient (Wildman–Crippen LogP) is 1.90. The molecule has 1 aromatic rings. The normalized spacial score (nSPS) is 31.2. The smallest absolute Gasteiger partial charge is 0.308 e. The summed E-state index contributed by atoms with van der Waals surface area (Å²) in [7, 11) is 0. The van der Waals surface area contributed by atoms with Gasteiger partial charge in [-0.2, -0.15) is 0 Å². The maximum absolute atomic E-state index is 11.4. The van der Waals surface area contributed by atoms with E-state index in [4.69, 9.17) is 0 Å². The summed E-state index contributed by atoms with van der Waals surface area (Å²) in [6.07, 6.45) is 4.26. The first kappa shape index (κ1) is 12.8. The Balaban J connectivity index is 1.81. The lowest BCUT2D eigenvalue weighted by atomic mass is 9.84. The first-order chi connectivity index (χ1) is 9.56. The summed E-state index contributed by atoms with van der Waals surface area (Å²) >= 11 is 0. The van der Waals surface area contributed by atoms with Crippen LogP contribution in [-0.2, 0) is 4.79 Å². The minimum atomic E-state index is -0.792. The standard InChI is InChI=1S/C13H15N3O4/c17-13(18)11-7-1-2-8(5-7)12(11)15-10-6-9(16(19)20)3-4-14-10/h3-4,6-8,11-12H,1-2,5H2,(H,14,15)(H,17,18). The maximum atomic E-state index is 11.4. The van der Waals surface area contributed by atoms with Gasteiger partial charge in [-0.25, -0.2) is 4.98 Å². The van der Waals surface area contributed by atoms with E-state index in [-0.39, 0.29) is 17.6 Å². The number of nitrogens with one attached hydrogen (secondary N) is 1. The van der Waals surface area contributed by atoms with Gasteiger partial charge in [0.2, 0.25) is 0 Å². The minimum absolute atomic E-state index is 0.0440. The molecule has 0 saturated heterocycles. The quantitative estimate of drug-likeness (QED) is 0.643. The van der Waals surface area contributed by atoms with Crippen LogP contribution >= 0.6 is 0 Å². The van der Waals surface area contributed by atoms with E-state index in [1.54, 1.807) is 0 Å². The zero-order valence-corrected chi connectivity index (χ0v) is 10.7. The highest BCUT2D eigenvalue weighted by atomic mass is 16.6. The van der Waals surface area contributed by atoms with Crippen molar-refractivity contribution in [3.05, 3.63) is 28.4 Å². The maximum Gasteiger partial charge on any atom is 0.308 e. The molecule has 7 nitrogen and oxygen atoms in total. The second-order valence-electron chi connectivity index (χ2n) is 5.52. The van der Waals surface area contributed by atoms with Crippen molar-refractivity contribution in [3.63, 3.8) is 0 Å². The van der Waals surface area contributed by atoms with Crippen LogP contribution < -0.4 is 5.32 Å². The third-order valence-corrected chi connectivity index (χ3v) is 4.47. The number of anilines is 1. The number of nitrogens with zero attached hydrogens (tertiary/aromatic N) is 2. The van der Waals surface area contributed by atoms with Crippen LogP contribution in [0.1, 0.15) is 19.3 Å². The van der Waals surface area contributed by atoms with E-state index in [1.807, 2.05) is 0 Å². The lowest BCUT2D eigenvalue weighted by Crippen LogP contribution is -2.39. The molecule has 0 radical (unpaired) electrons. The Bertz CT molecular complexity index is 562. The van der Waals surface area contributed by atoms with Crippen LogP contribution in [0.2, 0.25) is 0 Å². The Morgan fingerprint density at radius 3 is 2.90 bits per heavy atom. The van der Waals surface area contributed by atoms with E-state index in [9.17, 15) is 20.0 Å². The molecule has 2 N–H and O–H groups in total. The van der Waals surface area contributed by atoms with Gasteiger partial charge in [0.05, 0.1) is 16.9 Å². The Hall–Kier alpha value is -2.18. The number of carboxylic acids is 1. The van der Waals surface area contributed by atoms with Gasteiger partial charge in [-0.1, -0.05) is 0 Å². The van der Waals surface area contributed by atoms with E-state index >= 15 is 0 Å². The number of hydrogen-bond acceptors (Lipinski definition) is 5. The summed E-state index contributed by atoms with van der Waals surface area (Å²) in [4.78, 5) is 25.7. The molecule has 4 atom stereocenters. The molecule has 2 saturated carbocycles. The number of hydrogen-bond donors (Lipinski definition) is 2. The summed E-state index contributed by atoms with van der Waals surface area (Å²) in [5, 5.41) is 23.2. The topological polar surface area (TPSA) is 105 Å². The zero-order valence-electron chi connectivity index (χ0n) is 10.7. The van der Waals surface area contributed by atoms with Gasteiger partial charge in [0.1, 0.15) is 5.82 Å². The number of aliphatic carboxylic acids is 1. The molecule has 2 bridgehead atoms. The van der Waals surface area contributed by atoms with Gasteiger partial charge in [0.25, 0.3) is 5.69 Å². The van der Waals surface area contributed by atoms with Gasteiger partial charge >= 0.3 is 5.97 Å². The number of pyridine rings is 1. The lowest BCUT2D eigenvalue weighted by Gasteiger charge is -2.29. The second kappa shape index (κ2) is 4.73. The van der Waals surface area contributed by atoms with Crippen molar-refractivity contribution in [1.82, 2.24) is 4.98 Å². The zero-order chi connectivity index (χ0) is 14.3. The van der Waals surface area contributed by atoms with Crippen molar-refractivity contribution in [1.29, 1.82) is 0 Å². The van der Waals surface area contributed by atoms with E-state index in [0.717, 1.165) is 19.3 Å². The highest BCUT2D eigenvalue weighted by molar-refractivity contribution is 5.73. The molecule has 0 spiro atoms. The molecule has 1 aromatic heterocycles. The molecule has 20 heavy (non-hydrogen) atoms. The molecule has 0 amide bonds. The Labute approximate surface area is 115 Å². The first-order valence-electron chi connectivity index (χ1n) is 6.66. The van der Waals surface area contributed by atoms with E-state index < -0.39 is 16.8 Å². The van der Waals surface area contributed by atoms with Gasteiger partial charge < -0.3 is 10.4 Å². The molecule has 0 aromatic carbocycles. The van der Waals surface area contributed by atoms with Crippen molar-refractivity contribution in [2.75, 3.05) is 5.32 Å². The molecular formula is C13H15N3O4. The molecule has 1 heterocycles. The average Bonchev–Trinajstić information content (AvgIpc) is 2.99. The van der Waals surface area contributed by atoms with Crippen LogP contribution in [0.15, 0.2) is 18.3 Å². The van der Waals surface area contributed by atoms with Gasteiger partial charge in [0, 0.05) is 18.3 Å². The van der Waals surface area contributed by atoms with Crippen LogP contribution in [-0.4, -0.2) is 27.0 Å². The monoisotopic (exact) mass is 277 g/mol. The van der Waals surface area contributed by atoms with E-state index in [0.29, 0.717) is 11.7 Å². The highest BCUT2D eigenvalue weighted by Gasteiger charge is 2.51. The molecule has 2 aliphatic rings. The number of carbonyl (C=O) groups is 1. The number of fused-ring (bicyclic) bond motifs is 2. The summed E-state index contributed by atoms with van der Waals surface area (Å²) < 4.78 is 0. The van der Waals surface area contributed by atoms with Gasteiger partial charge in [0.15, 0.2) is 0 Å². The second-order valence-corrected chi connectivity index (χ2v) is 5.52. The number of nitro groups is 1. The summed E-state index contributed by atoms with van der Waals surface area (Å²) in [5.41, 5.74) is -0.0440. The number of rotatable bonds is 4. The SMILES string of the molecule is O=C(O)C1C2CCC(C2)C1Nc1cc([N+](=O)[O-])ccn1. The summed E-state index contributed by atoms with van der Waals surface area (Å²) in [6.45, 7) is 0. The fraction of sp³-hybridized carbons (Fsp3) is 0.538. The minimum Gasteiger partial charge on any atom is -0.481 e. The lowest BCUT2D eigenvalue weighted by molar-refractivity contribution is -0.384. The fourth-order valence-electron chi connectivity index (χ4n) is 3.64. The van der Waals surface area contributed by atoms with Crippen molar-refractivity contribution >= 4 is 17.5 Å². The fourth-order valence-corrected chi connectivity index (χ4v) is 3.64. The molecule has 106 valence electrons. The molecule has 4 unspecified atom stereocenters. The van der Waals surface area contributed by atoms with Crippen LogP contribution in [0.5, 0.6) is 0 Å². The number of aromatic nitrogens is 1. The summed E-state index contributed by atoms with van der Waals surface area (Å²) in [5.74, 6) is -0.297. The van der Waals surface area contributed by atoms with Gasteiger partial charge in [-0.15, -0.1) is 0 Å². The third-order valence-electron chi connectivity index (χ3n) is 4.47. The molecule has 3 rings (SSSR count). The van der Waals surface area contributed by atoms with Crippen LogP contribution in [0.4, 0.5) is 11.5 Å². The Kier molecular flexibility index (Phi) is 3.04. The van der Waals surface area contributed by atoms with Gasteiger partial charge in [-0.05, 0) is 31.1 Å².